The predicted octanol–water partition coefficient (Wildman–Crippen LogP) is 2.23. The van der Waals surface area contributed by atoms with Crippen molar-refractivity contribution >= 4 is 11.6 Å². The van der Waals surface area contributed by atoms with E-state index in [-0.39, 0.29) is 5.91 Å². The van der Waals surface area contributed by atoms with Gasteiger partial charge in [-0.25, -0.2) is 0 Å². The molecular weight excluding hydrogens is 264 g/mol. The standard InChI is InChI=1S/C17H18N2O2/c1-19(11-12-6-8-14(18)9-7-12)17(20)16-10-13-4-2-3-5-15(13)21-16/h2-9,16H,10-11,18H2,1H3. The molecule has 108 valence electrons. The van der Waals surface area contributed by atoms with Gasteiger partial charge in [0.25, 0.3) is 5.91 Å². The number of para-hydroxylation sites is 1. The van der Waals surface area contributed by atoms with E-state index in [1.807, 2.05) is 48.5 Å². The van der Waals surface area contributed by atoms with E-state index in [9.17, 15) is 4.79 Å². The molecule has 2 aromatic carbocycles. The highest BCUT2D eigenvalue weighted by atomic mass is 16.5. The summed E-state index contributed by atoms with van der Waals surface area (Å²) >= 11 is 0. The van der Waals surface area contributed by atoms with Crippen LogP contribution in [-0.2, 0) is 17.8 Å². The van der Waals surface area contributed by atoms with E-state index >= 15 is 0 Å². The molecule has 0 aliphatic carbocycles. The van der Waals surface area contributed by atoms with Gasteiger partial charge < -0.3 is 15.4 Å². The average molecular weight is 282 g/mol. The quantitative estimate of drug-likeness (QED) is 0.878. The Morgan fingerprint density at radius 3 is 2.67 bits per heavy atom. The van der Waals surface area contributed by atoms with Crippen molar-refractivity contribution in [1.82, 2.24) is 4.90 Å². The lowest BCUT2D eigenvalue weighted by Gasteiger charge is -2.21. The van der Waals surface area contributed by atoms with E-state index in [1.54, 1.807) is 11.9 Å². The topological polar surface area (TPSA) is 55.6 Å². The van der Waals surface area contributed by atoms with Gasteiger partial charge in [0.05, 0.1) is 0 Å². The summed E-state index contributed by atoms with van der Waals surface area (Å²) in [5.74, 6) is 0.819. The van der Waals surface area contributed by atoms with Crippen molar-refractivity contribution in [3.63, 3.8) is 0 Å². The largest absolute Gasteiger partial charge is 0.480 e. The first-order chi connectivity index (χ1) is 10.1. The van der Waals surface area contributed by atoms with Crippen LogP contribution in [-0.4, -0.2) is 24.0 Å². The highest BCUT2D eigenvalue weighted by molar-refractivity contribution is 5.82. The molecule has 2 N–H and O–H groups in total. The lowest BCUT2D eigenvalue weighted by molar-refractivity contribution is -0.137. The van der Waals surface area contributed by atoms with Gasteiger partial charge in [-0.1, -0.05) is 30.3 Å². The van der Waals surface area contributed by atoms with Crippen LogP contribution in [0.3, 0.4) is 0 Å². The second kappa shape index (κ2) is 5.48. The van der Waals surface area contributed by atoms with Crippen LogP contribution in [0, 0.1) is 0 Å². The van der Waals surface area contributed by atoms with E-state index in [0.717, 1.165) is 22.6 Å². The molecule has 0 radical (unpaired) electrons. The molecule has 0 saturated heterocycles. The fourth-order valence-electron chi connectivity index (χ4n) is 2.54. The molecular formula is C17H18N2O2. The Hall–Kier alpha value is -2.49. The molecule has 0 aromatic heterocycles. The van der Waals surface area contributed by atoms with Gasteiger partial charge >= 0.3 is 0 Å². The Labute approximate surface area is 124 Å². The van der Waals surface area contributed by atoms with Crippen LogP contribution in [0.2, 0.25) is 0 Å². The zero-order chi connectivity index (χ0) is 14.8. The minimum Gasteiger partial charge on any atom is -0.480 e. The number of nitrogens with two attached hydrogens (primary N) is 1. The Balaban J connectivity index is 1.65. The van der Waals surface area contributed by atoms with Crippen molar-refractivity contribution in [1.29, 1.82) is 0 Å². The Bertz CT molecular complexity index is 627. The molecule has 0 fully saturated rings. The highest BCUT2D eigenvalue weighted by Crippen LogP contribution is 2.29. The summed E-state index contributed by atoms with van der Waals surface area (Å²) in [6, 6.07) is 15.3. The molecule has 3 rings (SSSR count). The number of rotatable bonds is 3. The highest BCUT2D eigenvalue weighted by Gasteiger charge is 2.30. The maximum absolute atomic E-state index is 12.5. The summed E-state index contributed by atoms with van der Waals surface area (Å²) in [6.07, 6.45) is 0.224. The maximum Gasteiger partial charge on any atom is 0.264 e. The number of nitrogen functional groups attached to an aromatic ring is 1. The van der Waals surface area contributed by atoms with E-state index < -0.39 is 6.10 Å². The summed E-state index contributed by atoms with van der Waals surface area (Å²) in [7, 11) is 1.80. The summed E-state index contributed by atoms with van der Waals surface area (Å²) in [5.41, 5.74) is 8.53. The molecule has 21 heavy (non-hydrogen) atoms. The minimum absolute atomic E-state index is 0.00280. The number of fused-ring (bicyclic) bond motifs is 1. The smallest absolute Gasteiger partial charge is 0.264 e. The molecule has 0 spiro atoms. The third kappa shape index (κ3) is 2.84. The van der Waals surface area contributed by atoms with Crippen molar-refractivity contribution < 1.29 is 9.53 Å². The van der Waals surface area contributed by atoms with Crippen LogP contribution in [0.1, 0.15) is 11.1 Å². The average Bonchev–Trinajstić information content (AvgIpc) is 2.92. The molecule has 1 aliphatic heterocycles. The SMILES string of the molecule is CN(Cc1ccc(N)cc1)C(=O)C1Cc2ccccc2O1. The van der Waals surface area contributed by atoms with Gasteiger partial charge in [-0.15, -0.1) is 0 Å². The Morgan fingerprint density at radius 1 is 1.24 bits per heavy atom. The third-order valence-electron chi connectivity index (χ3n) is 3.70. The van der Waals surface area contributed by atoms with Crippen LogP contribution < -0.4 is 10.5 Å². The monoisotopic (exact) mass is 282 g/mol. The van der Waals surface area contributed by atoms with Gasteiger partial charge in [0.15, 0.2) is 6.10 Å². The van der Waals surface area contributed by atoms with Gasteiger partial charge in [-0.05, 0) is 29.3 Å². The molecule has 1 unspecified atom stereocenters. The normalized spacial score (nSPS) is 16.1. The zero-order valence-electron chi connectivity index (χ0n) is 12.0. The lowest BCUT2D eigenvalue weighted by atomic mass is 10.1. The van der Waals surface area contributed by atoms with Crippen molar-refractivity contribution in [2.75, 3.05) is 12.8 Å². The van der Waals surface area contributed by atoms with Gasteiger partial charge in [-0.2, -0.15) is 0 Å². The Morgan fingerprint density at radius 2 is 1.95 bits per heavy atom. The number of benzene rings is 2. The summed E-state index contributed by atoms with van der Waals surface area (Å²) in [6.45, 7) is 0.551. The first-order valence-corrected chi connectivity index (χ1v) is 6.97. The van der Waals surface area contributed by atoms with E-state index in [4.69, 9.17) is 10.5 Å². The molecule has 0 saturated carbocycles. The van der Waals surface area contributed by atoms with Gasteiger partial charge in [0, 0.05) is 25.7 Å². The fourth-order valence-corrected chi connectivity index (χ4v) is 2.54. The van der Waals surface area contributed by atoms with Gasteiger partial charge in [0.2, 0.25) is 0 Å². The first kappa shape index (κ1) is 13.5. The van der Waals surface area contributed by atoms with Crippen LogP contribution in [0.4, 0.5) is 5.69 Å². The number of hydrogen-bond donors (Lipinski definition) is 1. The number of likely N-dealkylation sites (N-methyl/N-ethyl adjacent to an activating group) is 1. The number of amides is 1. The summed E-state index contributed by atoms with van der Waals surface area (Å²) in [5, 5.41) is 0. The molecule has 1 amide bonds. The fraction of sp³-hybridized carbons (Fsp3) is 0.235. The van der Waals surface area contributed by atoms with Crippen LogP contribution >= 0.6 is 0 Å². The van der Waals surface area contributed by atoms with Crippen LogP contribution in [0.5, 0.6) is 5.75 Å². The number of carbonyl (C=O) groups is 1. The zero-order valence-corrected chi connectivity index (χ0v) is 12.0. The maximum atomic E-state index is 12.5. The van der Waals surface area contributed by atoms with Crippen LogP contribution in [0.15, 0.2) is 48.5 Å². The molecule has 0 bridgehead atoms. The third-order valence-corrected chi connectivity index (χ3v) is 3.70. The van der Waals surface area contributed by atoms with Crippen molar-refractivity contribution in [2.24, 2.45) is 0 Å². The molecule has 4 nitrogen and oxygen atoms in total. The first-order valence-electron chi connectivity index (χ1n) is 6.97. The Kier molecular flexibility index (Phi) is 3.52. The number of hydrogen-bond acceptors (Lipinski definition) is 3. The number of ether oxygens (including phenoxy) is 1. The summed E-state index contributed by atoms with van der Waals surface area (Å²) in [4.78, 5) is 14.2. The van der Waals surface area contributed by atoms with Gasteiger partial charge in [-0.3, -0.25) is 4.79 Å². The van der Waals surface area contributed by atoms with Crippen molar-refractivity contribution in [3.05, 3.63) is 59.7 Å². The van der Waals surface area contributed by atoms with E-state index in [0.29, 0.717) is 13.0 Å². The van der Waals surface area contributed by atoms with Crippen molar-refractivity contribution in [2.45, 2.75) is 19.1 Å². The second-order valence-corrected chi connectivity index (χ2v) is 5.35. The molecule has 2 aromatic rings. The molecule has 4 heteroatoms. The predicted molar refractivity (Wildman–Crippen MR) is 81.9 cm³/mol. The molecule has 1 atom stereocenters. The van der Waals surface area contributed by atoms with Crippen LogP contribution in [0.25, 0.3) is 0 Å². The second-order valence-electron chi connectivity index (χ2n) is 5.35. The number of carbonyl (C=O) groups excluding carboxylic acids is 1. The minimum atomic E-state index is -0.416. The summed E-state index contributed by atoms with van der Waals surface area (Å²) < 4.78 is 5.74. The van der Waals surface area contributed by atoms with Gasteiger partial charge in [0.1, 0.15) is 5.75 Å². The number of anilines is 1. The molecule has 1 heterocycles. The van der Waals surface area contributed by atoms with E-state index in [2.05, 4.69) is 0 Å². The molecule has 1 aliphatic rings. The number of nitrogens with zero attached hydrogens (tertiary/aromatic N) is 1. The lowest BCUT2D eigenvalue weighted by Crippen LogP contribution is -2.38. The van der Waals surface area contributed by atoms with E-state index in [1.165, 1.54) is 0 Å². The van der Waals surface area contributed by atoms with Crippen molar-refractivity contribution in [3.8, 4) is 5.75 Å².